The van der Waals surface area contributed by atoms with Gasteiger partial charge in [-0.25, -0.2) is 0 Å². The molecule has 1 aliphatic rings. The molecule has 0 bridgehead atoms. The van der Waals surface area contributed by atoms with Crippen LogP contribution in [0.1, 0.15) is 80.1 Å². The van der Waals surface area contributed by atoms with E-state index in [0.717, 1.165) is 17.9 Å². The summed E-state index contributed by atoms with van der Waals surface area (Å²) in [6.45, 7) is 5.92. The van der Waals surface area contributed by atoms with Crippen LogP contribution in [0.2, 0.25) is 0 Å². The first-order valence-electron chi connectivity index (χ1n) is 11.2. The van der Waals surface area contributed by atoms with Crippen LogP contribution in [0.5, 0.6) is 0 Å². The predicted octanol–water partition coefficient (Wildman–Crippen LogP) is 8.13. The van der Waals surface area contributed by atoms with Gasteiger partial charge in [-0.1, -0.05) is 80.1 Å². The zero-order valence-corrected chi connectivity index (χ0v) is 17.8. The standard InChI is InChI=1S/C28H34O/c1-3-5-7-8-22-10-12-23(13-11-22)24-14-16-25(17-15-24)26-18-20-27(21-19-26)28(29)9-6-4-2/h4,7-8,14-23H,2-3,5-6,9-13H2,1H3/b8-7+. The number of unbranched alkanes of at least 4 members (excludes halogenated alkanes) is 1. The summed E-state index contributed by atoms with van der Waals surface area (Å²) in [4.78, 5) is 12.1. The summed E-state index contributed by atoms with van der Waals surface area (Å²) in [5.41, 5.74) is 4.65. The van der Waals surface area contributed by atoms with Crippen molar-refractivity contribution in [2.24, 2.45) is 5.92 Å². The summed E-state index contributed by atoms with van der Waals surface area (Å²) in [6, 6.07) is 17.1. The van der Waals surface area contributed by atoms with Crippen molar-refractivity contribution < 1.29 is 4.79 Å². The molecule has 0 spiro atoms. The van der Waals surface area contributed by atoms with Gasteiger partial charge in [-0.05, 0) is 67.1 Å². The van der Waals surface area contributed by atoms with Crippen molar-refractivity contribution in [3.63, 3.8) is 0 Å². The minimum atomic E-state index is 0.187. The number of rotatable bonds is 9. The average molecular weight is 387 g/mol. The Bertz CT molecular complexity index is 802. The van der Waals surface area contributed by atoms with Gasteiger partial charge < -0.3 is 0 Å². The molecule has 152 valence electrons. The molecule has 3 rings (SSSR count). The second-order valence-corrected chi connectivity index (χ2v) is 8.28. The molecule has 2 aromatic rings. The Labute approximate surface area is 176 Å². The van der Waals surface area contributed by atoms with Crippen LogP contribution in [0.4, 0.5) is 0 Å². The van der Waals surface area contributed by atoms with Gasteiger partial charge in [0.1, 0.15) is 0 Å². The van der Waals surface area contributed by atoms with Crippen molar-refractivity contribution in [1.29, 1.82) is 0 Å². The highest BCUT2D eigenvalue weighted by atomic mass is 16.1. The Morgan fingerprint density at radius 2 is 1.55 bits per heavy atom. The van der Waals surface area contributed by atoms with Gasteiger partial charge in [-0.2, -0.15) is 0 Å². The van der Waals surface area contributed by atoms with E-state index in [9.17, 15) is 4.79 Å². The normalized spacial score (nSPS) is 19.3. The monoisotopic (exact) mass is 386 g/mol. The SMILES string of the molecule is C=CCCC(=O)c1ccc(-c2ccc(C3CCC(/C=C/CCC)CC3)cc2)cc1. The molecule has 0 aliphatic heterocycles. The van der Waals surface area contributed by atoms with Gasteiger partial charge in [0.2, 0.25) is 0 Å². The van der Waals surface area contributed by atoms with Crippen molar-refractivity contribution in [2.75, 3.05) is 0 Å². The Hall–Kier alpha value is -2.41. The maximum atomic E-state index is 12.1. The highest BCUT2D eigenvalue weighted by Crippen LogP contribution is 2.37. The zero-order valence-electron chi connectivity index (χ0n) is 17.8. The lowest BCUT2D eigenvalue weighted by Gasteiger charge is -2.27. The van der Waals surface area contributed by atoms with Gasteiger partial charge in [0.25, 0.3) is 0 Å². The van der Waals surface area contributed by atoms with Crippen LogP contribution in [-0.2, 0) is 0 Å². The van der Waals surface area contributed by atoms with Crippen LogP contribution in [0.25, 0.3) is 11.1 Å². The van der Waals surface area contributed by atoms with Crippen LogP contribution in [0.15, 0.2) is 73.3 Å². The van der Waals surface area contributed by atoms with E-state index < -0.39 is 0 Å². The van der Waals surface area contributed by atoms with Gasteiger partial charge in [0.05, 0.1) is 0 Å². The number of carbonyl (C=O) groups is 1. The van der Waals surface area contributed by atoms with E-state index in [1.807, 2.05) is 12.1 Å². The van der Waals surface area contributed by atoms with Crippen molar-refractivity contribution in [3.05, 3.63) is 84.5 Å². The van der Waals surface area contributed by atoms with Crippen molar-refractivity contribution in [3.8, 4) is 11.1 Å². The summed E-state index contributed by atoms with van der Waals surface area (Å²) in [5.74, 6) is 1.67. The summed E-state index contributed by atoms with van der Waals surface area (Å²) < 4.78 is 0. The molecule has 1 nitrogen and oxygen atoms in total. The average Bonchev–Trinajstić information content (AvgIpc) is 2.78. The Morgan fingerprint density at radius 3 is 2.14 bits per heavy atom. The van der Waals surface area contributed by atoms with E-state index in [4.69, 9.17) is 0 Å². The number of allylic oxidation sites excluding steroid dienone is 3. The van der Waals surface area contributed by atoms with Crippen LogP contribution in [0, 0.1) is 5.92 Å². The fraction of sp³-hybridized carbons (Fsp3) is 0.393. The van der Waals surface area contributed by atoms with Crippen LogP contribution >= 0.6 is 0 Å². The number of benzene rings is 2. The molecule has 2 aromatic carbocycles. The molecule has 0 amide bonds. The van der Waals surface area contributed by atoms with Crippen molar-refractivity contribution >= 4 is 5.78 Å². The lowest BCUT2D eigenvalue weighted by atomic mass is 9.78. The van der Waals surface area contributed by atoms with Crippen LogP contribution in [0.3, 0.4) is 0 Å². The quantitative estimate of drug-likeness (QED) is 0.314. The van der Waals surface area contributed by atoms with Gasteiger partial charge >= 0.3 is 0 Å². The minimum Gasteiger partial charge on any atom is -0.294 e. The largest absolute Gasteiger partial charge is 0.294 e. The summed E-state index contributed by atoms with van der Waals surface area (Å²) in [5, 5.41) is 0. The molecular weight excluding hydrogens is 352 g/mol. The van der Waals surface area contributed by atoms with E-state index in [2.05, 4.69) is 62.1 Å². The first kappa shape index (κ1) is 21.3. The fourth-order valence-electron chi connectivity index (χ4n) is 4.27. The van der Waals surface area contributed by atoms with Crippen molar-refractivity contribution in [2.45, 2.75) is 64.2 Å². The lowest BCUT2D eigenvalue weighted by molar-refractivity contribution is 0.0983. The van der Waals surface area contributed by atoms with Gasteiger partial charge in [-0.15, -0.1) is 6.58 Å². The maximum Gasteiger partial charge on any atom is 0.163 e. The topological polar surface area (TPSA) is 17.1 Å². The van der Waals surface area contributed by atoms with E-state index in [-0.39, 0.29) is 5.78 Å². The second kappa shape index (κ2) is 11.0. The Morgan fingerprint density at radius 1 is 0.931 bits per heavy atom. The first-order valence-corrected chi connectivity index (χ1v) is 11.2. The molecule has 0 N–H and O–H groups in total. The summed E-state index contributed by atoms with van der Waals surface area (Å²) in [6.07, 6.45) is 15.6. The number of Topliss-reactive ketones (excluding diaryl/α,β-unsaturated/α-hetero) is 1. The highest BCUT2D eigenvalue weighted by molar-refractivity contribution is 5.96. The lowest BCUT2D eigenvalue weighted by Crippen LogP contribution is -2.11. The van der Waals surface area contributed by atoms with E-state index in [0.29, 0.717) is 12.3 Å². The van der Waals surface area contributed by atoms with Gasteiger partial charge in [0, 0.05) is 12.0 Å². The number of carbonyl (C=O) groups excluding carboxylic acids is 1. The van der Waals surface area contributed by atoms with E-state index in [1.54, 1.807) is 6.08 Å². The summed E-state index contributed by atoms with van der Waals surface area (Å²) >= 11 is 0. The molecule has 1 aliphatic carbocycles. The number of hydrogen-bond acceptors (Lipinski definition) is 1. The van der Waals surface area contributed by atoms with Crippen LogP contribution in [-0.4, -0.2) is 5.78 Å². The smallest absolute Gasteiger partial charge is 0.163 e. The second-order valence-electron chi connectivity index (χ2n) is 8.28. The first-order chi connectivity index (χ1) is 14.2. The molecular formula is C28H34O. The molecule has 1 heteroatoms. The number of ketones is 1. The molecule has 1 fully saturated rings. The predicted molar refractivity (Wildman–Crippen MR) is 124 cm³/mol. The summed E-state index contributed by atoms with van der Waals surface area (Å²) in [7, 11) is 0. The molecule has 0 atom stereocenters. The molecule has 0 saturated heterocycles. The fourth-order valence-corrected chi connectivity index (χ4v) is 4.27. The van der Waals surface area contributed by atoms with Crippen LogP contribution < -0.4 is 0 Å². The highest BCUT2D eigenvalue weighted by Gasteiger charge is 2.20. The molecule has 0 heterocycles. The van der Waals surface area contributed by atoms with Gasteiger partial charge in [-0.3, -0.25) is 4.79 Å². The third-order valence-corrected chi connectivity index (χ3v) is 6.13. The van der Waals surface area contributed by atoms with E-state index in [1.165, 1.54) is 55.2 Å². The third-order valence-electron chi connectivity index (χ3n) is 6.13. The molecule has 29 heavy (non-hydrogen) atoms. The maximum absolute atomic E-state index is 12.1. The zero-order chi connectivity index (χ0) is 20.5. The molecule has 0 unspecified atom stereocenters. The van der Waals surface area contributed by atoms with Crippen molar-refractivity contribution in [1.82, 2.24) is 0 Å². The Balaban J connectivity index is 1.58. The van der Waals surface area contributed by atoms with E-state index >= 15 is 0 Å². The minimum absolute atomic E-state index is 0.187. The molecule has 0 radical (unpaired) electrons. The third kappa shape index (κ3) is 6.03. The van der Waals surface area contributed by atoms with Gasteiger partial charge in [0.15, 0.2) is 5.78 Å². The molecule has 0 aromatic heterocycles. The number of hydrogen-bond donors (Lipinski definition) is 0. The molecule has 1 saturated carbocycles. The Kier molecular flexibility index (Phi) is 8.04.